The van der Waals surface area contributed by atoms with Crippen LogP contribution in [-0.4, -0.2) is 42.1 Å². The van der Waals surface area contributed by atoms with E-state index in [0.717, 1.165) is 24.9 Å². The maximum atomic E-state index is 12.1. The second-order valence-electron chi connectivity index (χ2n) is 6.40. The molecule has 0 saturated heterocycles. The number of alkyl halides is 3. The number of aryl methyl sites for hydroxylation is 2. The van der Waals surface area contributed by atoms with Gasteiger partial charge in [-0.25, -0.2) is 0 Å². The summed E-state index contributed by atoms with van der Waals surface area (Å²) in [5.74, 6) is 0.698. The van der Waals surface area contributed by atoms with E-state index in [4.69, 9.17) is 0 Å². The zero-order valence-electron chi connectivity index (χ0n) is 16.5. The lowest BCUT2D eigenvalue weighted by atomic mass is 10.1. The number of nitrogens with one attached hydrogen (secondary N) is 2. The second-order valence-corrected chi connectivity index (χ2v) is 6.40. The molecule has 0 aliphatic carbocycles. The molecule has 1 aromatic carbocycles. The van der Waals surface area contributed by atoms with Gasteiger partial charge in [-0.3, -0.25) is 9.67 Å². The first-order chi connectivity index (χ1) is 13.4. The minimum Gasteiger partial charge on any atom is -0.367 e. The molecule has 29 heavy (non-hydrogen) atoms. The number of aliphatic imine (C=N–C) groups is 1. The van der Waals surface area contributed by atoms with Crippen LogP contribution in [0.1, 0.15) is 23.1 Å². The molecular formula is C19H27F3IN5O. The van der Waals surface area contributed by atoms with Crippen LogP contribution in [0.3, 0.4) is 0 Å². The molecule has 1 heterocycles. The van der Waals surface area contributed by atoms with Crippen molar-refractivity contribution in [2.45, 2.75) is 32.2 Å². The van der Waals surface area contributed by atoms with Gasteiger partial charge in [0.15, 0.2) is 5.96 Å². The molecule has 0 radical (unpaired) electrons. The fraction of sp³-hybridized carbons (Fsp3) is 0.474. The summed E-state index contributed by atoms with van der Waals surface area (Å²) in [4.78, 5) is 4.18. The normalized spacial score (nSPS) is 11.8. The number of nitrogens with zero attached hydrogens (tertiary/aromatic N) is 3. The Morgan fingerprint density at radius 3 is 2.41 bits per heavy atom. The molecule has 0 amide bonds. The number of guanidine groups is 1. The maximum absolute atomic E-state index is 12.1. The van der Waals surface area contributed by atoms with Crippen LogP contribution < -0.4 is 10.6 Å². The molecule has 0 aliphatic heterocycles. The Kier molecular flexibility index (Phi) is 11.0. The molecular weight excluding hydrogens is 498 g/mol. The van der Waals surface area contributed by atoms with Gasteiger partial charge < -0.3 is 15.4 Å². The minimum absolute atomic E-state index is 0. The number of ether oxygens (including phenoxy) is 1. The largest absolute Gasteiger partial charge is 0.411 e. The van der Waals surface area contributed by atoms with Gasteiger partial charge >= 0.3 is 6.18 Å². The molecule has 2 rings (SSSR count). The lowest BCUT2D eigenvalue weighted by Gasteiger charge is -2.12. The Morgan fingerprint density at radius 1 is 1.14 bits per heavy atom. The van der Waals surface area contributed by atoms with Crippen molar-refractivity contribution < 1.29 is 17.9 Å². The van der Waals surface area contributed by atoms with Crippen LogP contribution in [0.4, 0.5) is 13.2 Å². The predicted molar refractivity (Wildman–Crippen MR) is 117 cm³/mol. The van der Waals surface area contributed by atoms with Crippen LogP contribution in [0.5, 0.6) is 0 Å². The second kappa shape index (κ2) is 12.7. The summed E-state index contributed by atoms with van der Waals surface area (Å²) in [6.07, 6.45) is 1.47. The average molecular weight is 525 g/mol. The summed E-state index contributed by atoms with van der Waals surface area (Å²) in [5.41, 5.74) is 2.90. The average Bonchev–Trinajstić information content (AvgIpc) is 3.06. The number of aromatic nitrogens is 2. The maximum Gasteiger partial charge on any atom is 0.411 e. The van der Waals surface area contributed by atoms with Gasteiger partial charge in [0.25, 0.3) is 0 Å². The lowest BCUT2D eigenvalue weighted by Crippen LogP contribution is -2.37. The fourth-order valence-electron chi connectivity index (χ4n) is 2.54. The predicted octanol–water partition coefficient (Wildman–Crippen LogP) is 3.41. The van der Waals surface area contributed by atoms with Crippen LogP contribution in [0, 0.1) is 0 Å². The molecule has 0 atom stereocenters. The Bertz CT molecular complexity index is 747. The smallest absolute Gasteiger partial charge is 0.367 e. The van der Waals surface area contributed by atoms with Gasteiger partial charge in [-0.2, -0.15) is 18.3 Å². The molecule has 10 heteroatoms. The summed E-state index contributed by atoms with van der Waals surface area (Å²) >= 11 is 0. The Morgan fingerprint density at radius 2 is 1.83 bits per heavy atom. The lowest BCUT2D eigenvalue weighted by molar-refractivity contribution is -0.176. The first-order valence-electron chi connectivity index (χ1n) is 9.00. The fourth-order valence-corrected chi connectivity index (χ4v) is 2.54. The summed E-state index contributed by atoms with van der Waals surface area (Å²) in [6, 6.07) is 7.23. The molecule has 0 bridgehead atoms. The van der Waals surface area contributed by atoms with Crippen LogP contribution >= 0.6 is 24.0 Å². The minimum atomic E-state index is -4.30. The SMILES string of the molecule is CN=C(NCCCc1cnn(C)c1)NCc1ccc(COCC(F)(F)F)cc1.I. The summed E-state index contributed by atoms with van der Waals surface area (Å²) in [6.45, 7) is 0.0441. The quantitative estimate of drug-likeness (QED) is 0.228. The van der Waals surface area contributed by atoms with E-state index in [9.17, 15) is 13.2 Å². The van der Waals surface area contributed by atoms with Crippen molar-refractivity contribution in [1.82, 2.24) is 20.4 Å². The van der Waals surface area contributed by atoms with Crippen molar-refractivity contribution in [1.29, 1.82) is 0 Å². The van der Waals surface area contributed by atoms with Crippen molar-refractivity contribution in [3.05, 3.63) is 53.3 Å². The molecule has 6 nitrogen and oxygen atoms in total. The van der Waals surface area contributed by atoms with Gasteiger partial charge in [-0.15, -0.1) is 24.0 Å². The third kappa shape index (κ3) is 10.5. The number of rotatable bonds is 9. The van der Waals surface area contributed by atoms with Crippen molar-refractivity contribution in [3.63, 3.8) is 0 Å². The van der Waals surface area contributed by atoms with Gasteiger partial charge in [-0.05, 0) is 29.5 Å². The van der Waals surface area contributed by atoms with Crippen LogP contribution in [0.15, 0.2) is 41.7 Å². The molecule has 0 aliphatic rings. The van der Waals surface area contributed by atoms with Crippen molar-refractivity contribution in [3.8, 4) is 0 Å². The first kappa shape index (κ1) is 25.2. The van der Waals surface area contributed by atoms with Crippen molar-refractivity contribution in [2.24, 2.45) is 12.0 Å². The third-order valence-corrected chi connectivity index (χ3v) is 3.93. The van der Waals surface area contributed by atoms with Crippen LogP contribution in [0.25, 0.3) is 0 Å². The molecule has 2 aromatic rings. The van der Waals surface area contributed by atoms with Gasteiger partial charge in [0.05, 0.1) is 12.8 Å². The Labute approximate surface area is 185 Å². The Hall–Kier alpha value is -1.82. The van der Waals surface area contributed by atoms with Gasteiger partial charge in [-0.1, -0.05) is 24.3 Å². The van der Waals surface area contributed by atoms with E-state index >= 15 is 0 Å². The highest BCUT2D eigenvalue weighted by Crippen LogP contribution is 2.15. The van der Waals surface area contributed by atoms with E-state index in [1.165, 1.54) is 5.56 Å². The molecule has 0 saturated carbocycles. The van der Waals surface area contributed by atoms with E-state index < -0.39 is 12.8 Å². The molecule has 0 unspecified atom stereocenters. The van der Waals surface area contributed by atoms with Crippen LogP contribution in [0.2, 0.25) is 0 Å². The standard InChI is InChI=1S/C19H26F3N5O.HI/c1-23-18(24-9-3-4-17-11-26-27(2)12-17)25-10-15-5-7-16(8-6-15)13-28-14-19(20,21)22;/h5-8,11-12H,3-4,9-10,13-14H2,1-2H3,(H2,23,24,25);1H. The molecule has 1 aromatic heterocycles. The highest BCUT2D eigenvalue weighted by atomic mass is 127. The third-order valence-electron chi connectivity index (χ3n) is 3.93. The Balaban J connectivity index is 0.00000420. The number of benzene rings is 1. The van der Waals surface area contributed by atoms with E-state index in [1.807, 2.05) is 31.6 Å². The zero-order chi connectivity index (χ0) is 20.4. The highest BCUT2D eigenvalue weighted by molar-refractivity contribution is 14.0. The van der Waals surface area contributed by atoms with E-state index in [1.54, 1.807) is 23.9 Å². The molecule has 2 N–H and O–H groups in total. The summed E-state index contributed by atoms with van der Waals surface area (Å²) < 4.78 is 42.7. The summed E-state index contributed by atoms with van der Waals surface area (Å²) in [5, 5.41) is 10.6. The topological polar surface area (TPSA) is 63.5 Å². The van der Waals surface area contributed by atoms with E-state index in [0.29, 0.717) is 18.1 Å². The summed E-state index contributed by atoms with van der Waals surface area (Å²) in [7, 11) is 3.60. The molecule has 0 fully saturated rings. The van der Waals surface area contributed by atoms with Gasteiger partial charge in [0.1, 0.15) is 6.61 Å². The number of hydrogen-bond acceptors (Lipinski definition) is 3. The highest BCUT2D eigenvalue weighted by Gasteiger charge is 2.27. The van der Waals surface area contributed by atoms with Gasteiger partial charge in [0, 0.05) is 33.4 Å². The monoisotopic (exact) mass is 525 g/mol. The van der Waals surface area contributed by atoms with E-state index in [-0.39, 0.29) is 30.6 Å². The number of hydrogen-bond donors (Lipinski definition) is 2. The molecule has 0 spiro atoms. The first-order valence-corrected chi connectivity index (χ1v) is 9.00. The van der Waals surface area contributed by atoms with Gasteiger partial charge in [0.2, 0.25) is 0 Å². The van der Waals surface area contributed by atoms with E-state index in [2.05, 4.69) is 25.5 Å². The van der Waals surface area contributed by atoms with Crippen molar-refractivity contribution in [2.75, 3.05) is 20.2 Å². The van der Waals surface area contributed by atoms with Crippen LogP contribution in [-0.2, 0) is 31.4 Å². The molecule has 162 valence electrons. The zero-order valence-corrected chi connectivity index (χ0v) is 18.8. The van der Waals surface area contributed by atoms with Crippen molar-refractivity contribution >= 4 is 29.9 Å². The number of halogens is 4.